The van der Waals surface area contributed by atoms with Gasteiger partial charge in [0.05, 0.1) is 11.4 Å². The van der Waals surface area contributed by atoms with Crippen LogP contribution in [0, 0.1) is 5.82 Å². The van der Waals surface area contributed by atoms with E-state index in [1.807, 2.05) is 29.9 Å². The van der Waals surface area contributed by atoms with Crippen LogP contribution in [0.2, 0.25) is 0 Å². The van der Waals surface area contributed by atoms with Gasteiger partial charge in [0, 0.05) is 69.7 Å². The Kier molecular flexibility index (Phi) is 6.23. The molecule has 5 rings (SSSR count). The van der Waals surface area contributed by atoms with Crippen molar-refractivity contribution in [2.24, 2.45) is 7.05 Å². The standard InChI is InChI=1S/C26H32FN5/c1-29-18-22(26(28-29)21-8-3-2-4-9-21)19-30-13-7-10-23(20-30)31-14-16-32(17-15-31)25-12-6-5-11-24(25)27/h2-6,8-9,11-12,18,23H,7,10,13-17,19-20H2,1H3/t23-/m0/s1. The number of nitrogens with zero attached hydrogens (tertiary/aromatic N) is 5. The lowest BCUT2D eigenvalue weighted by Crippen LogP contribution is -2.55. The minimum atomic E-state index is -0.115. The monoisotopic (exact) mass is 433 g/mol. The third-order valence-corrected chi connectivity index (χ3v) is 6.85. The second-order valence-electron chi connectivity index (χ2n) is 9.05. The molecule has 168 valence electrons. The molecule has 2 saturated heterocycles. The van der Waals surface area contributed by atoms with E-state index in [1.165, 1.54) is 24.0 Å². The average Bonchev–Trinajstić information content (AvgIpc) is 3.20. The van der Waals surface area contributed by atoms with E-state index in [4.69, 9.17) is 5.10 Å². The number of halogens is 1. The maximum absolute atomic E-state index is 14.2. The smallest absolute Gasteiger partial charge is 0.146 e. The lowest BCUT2D eigenvalue weighted by molar-refractivity contribution is 0.0887. The third kappa shape index (κ3) is 4.57. The van der Waals surface area contributed by atoms with Crippen molar-refractivity contribution in [2.75, 3.05) is 44.2 Å². The van der Waals surface area contributed by atoms with Gasteiger partial charge in [0.15, 0.2) is 0 Å². The Morgan fingerprint density at radius 2 is 1.69 bits per heavy atom. The molecule has 1 atom stereocenters. The Labute approximate surface area is 190 Å². The fourth-order valence-electron chi connectivity index (χ4n) is 5.24. The van der Waals surface area contributed by atoms with Crippen LogP contribution in [0.4, 0.5) is 10.1 Å². The topological polar surface area (TPSA) is 27.5 Å². The zero-order chi connectivity index (χ0) is 21.9. The van der Waals surface area contributed by atoms with E-state index in [1.54, 1.807) is 12.1 Å². The second-order valence-corrected chi connectivity index (χ2v) is 9.05. The molecule has 2 aliphatic rings. The van der Waals surface area contributed by atoms with Gasteiger partial charge >= 0.3 is 0 Å². The summed E-state index contributed by atoms with van der Waals surface area (Å²) in [5, 5.41) is 4.74. The van der Waals surface area contributed by atoms with Gasteiger partial charge in [0.2, 0.25) is 0 Å². The average molecular weight is 434 g/mol. The van der Waals surface area contributed by atoms with E-state index in [9.17, 15) is 4.39 Å². The minimum absolute atomic E-state index is 0.115. The van der Waals surface area contributed by atoms with Gasteiger partial charge in [-0.3, -0.25) is 14.5 Å². The fourth-order valence-corrected chi connectivity index (χ4v) is 5.24. The Hall–Kier alpha value is -2.70. The van der Waals surface area contributed by atoms with Crippen molar-refractivity contribution in [2.45, 2.75) is 25.4 Å². The summed E-state index contributed by atoms with van der Waals surface area (Å²) in [5.74, 6) is -0.115. The first kappa shape index (κ1) is 21.2. The lowest BCUT2D eigenvalue weighted by Gasteiger charge is -2.44. The first-order valence-corrected chi connectivity index (χ1v) is 11.7. The molecule has 0 N–H and O–H groups in total. The normalized spacial score (nSPS) is 20.6. The molecule has 32 heavy (non-hydrogen) atoms. The first-order chi connectivity index (χ1) is 15.7. The van der Waals surface area contributed by atoms with Gasteiger partial charge in [-0.25, -0.2) is 4.39 Å². The molecule has 0 radical (unpaired) electrons. The van der Waals surface area contributed by atoms with Gasteiger partial charge < -0.3 is 4.90 Å². The highest BCUT2D eigenvalue weighted by Gasteiger charge is 2.29. The van der Waals surface area contributed by atoms with Crippen molar-refractivity contribution in [3.05, 3.63) is 72.2 Å². The molecule has 3 aromatic rings. The number of likely N-dealkylation sites (tertiary alicyclic amines) is 1. The lowest BCUT2D eigenvalue weighted by atomic mass is 10.0. The van der Waals surface area contributed by atoms with Crippen LogP contribution < -0.4 is 4.90 Å². The van der Waals surface area contributed by atoms with Gasteiger partial charge in [-0.1, -0.05) is 42.5 Å². The number of anilines is 1. The SMILES string of the molecule is Cn1cc(CN2CCC[C@H](N3CCN(c4ccccc4F)CC3)C2)c(-c2ccccc2)n1. The molecule has 5 nitrogen and oxygen atoms in total. The van der Waals surface area contributed by atoms with E-state index in [0.717, 1.165) is 57.2 Å². The molecule has 0 amide bonds. The highest BCUT2D eigenvalue weighted by molar-refractivity contribution is 5.62. The molecule has 0 unspecified atom stereocenters. The highest BCUT2D eigenvalue weighted by Crippen LogP contribution is 2.26. The summed E-state index contributed by atoms with van der Waals surface area (Å²) in [5.41, 5.74) is 4.31. The Balaban J connectivity index is 1.21. The Morgan fingerprint density at radius 3 is 2.47 bits per heavy atom. The van der Waals surface area contributed by atoms with Crippen molar-refractivity contribution < 1.29 is 4.39 Å². The molecule has 2 aromatic carbocycles. The van der Waals surface area contributed by atoms with Crippen molar-refractivity contribution in [3.63, 3.8) is 0 Å². The van der Waals surface area contributed by atoms with Crippen LogP contribution in [0.1, 0.15) is 18.4 Å². The van der Waals surface area contributed by atoms with Crippen LogP contribution in [-0.2, 0) is 13.6 Å². The largest absolute Gasteiger partial charge is 0.367 e. The van der Waals surface area contributed by atoms with Crippen molar-refractivity contribution in [1.29, 1.82) is 0 Å². The number of aryl methyl sites for hydroxylation is 1. The van der Waals surface area contributed by atoms with E-state index in [2.05, 4.69) is 45.2 Å². The molecular weight excluding hydrogens is 401 g/mol. The molecule has 0 bridgehead atoms. The Bertz CT molecular complexity index is 1030. The Morgan fingerprint density at radius 1 is 0.938 bits per heavy atom. The number of piperidine rings is 1. The predicted octanol–water partition coefficient (Wildman–Crippen LogP) is 4.01. The van der Waals surface area contributed by atoms with Crippen LogP contribution >= 0.6 is 0 Å². The quantitative estimate of drug-likeness (QED) is 0.608. The molecule has 0 aliphatic carbocycles. The summed E-state index contributed by atoms with van der Waals surface area (Å²) in [6, 6.07) is 18.2. The summed E-state index contributed by atoms with van der Waals surface area (Å²) < 4.78 is 16.1. The zero-order valence-electron chi connectivity index (χ0n) is 18.8. The molecule has 1 aromatic heterocycles. The summed E-state index contributed by atoms with van der Waals surface area (Å²) in [4.78, 5) is 7.39. The van der Waals surface area contributed by atoms with E-state index in [-0.39, 0.29) is 5.82 Å². The van der Waals surface area contributed by atoms with Gasteiger partial charge in [-0.2, -0.15) is 5.10 Å². The number of para-hydroxylation sites is 1. The van der Waals surface area contributed by atoms with Gasteiger partial charge in [0.25, 0.3) is 0 Å². The molecule has 0 spiro atoms. The molecule has 2 fully saturated rings. The summed E-state index contributed by atoms with van der Waals surface area (Å²) in [6.07, 6.45) is 4.63. The van der Waals surface area contributed by atoms with E-state index in [0.29, 0.717) is 6.04 Å². The third-order valence-electron chi connectivity index (χ3n) is 6.85. The fraction of sp³-hybridized carbons (Fsp3) is 0.423. The predicted molar refractivity (Wildman–Crippen MR) is 127 cm³/mol. The van der Waals surface area contributed by atoms with Gasteiger partial charge in [0.1, 0.15) is 5.82 Å². The molecular formula is C26H32FN5. The van der Waals surface area contributed by atoms with Crippen molar-refractivity contribution in [3.8, 4) is 11.3 Å². The summed E-state index contributed by atoms with van der Waals surface area (Å²) >= 11 is 0. The van der Waals surface area contributed by atoms with Crippen LogP contribution in [0.3, 0.4) is 0 Å². The number of aromatic nitrogens is 2. The number of hydrogen-bond acceptors (Lipinski definition) is 4. The first-order valence-electron chi connectivity index (χ1n) is 11.7. The molecule has 6 heteroatoms. The molecule has 3 heterocycles. The molecule has 2 aliphatic heterocycles. The van der Waals surface area contributed by atoms with Gasteiger partial charge in [-0.15, -0.1) is 0 Å². The number of hydrogen-bond donors (Lipinski definition) is 0. The number of piperazine rings is 1. The summed E-state index contributed by atoms with van der Waals surface area (Å²) in [7, 11) is 2.00. The maximum atomic E-state index is 14.2. The van der Waals surface area contributed by atoms with Crippen LogP contribution in [-0.4, -0.2) is 64.9 Å². The van der Waals surface area contributed by atoms with E-state index >= 15 is 0 Å². The van der Waals surface area contributed by atoms with Gasteiger partial charge in [-0.05, 0) is 31.5 Å². The van der Waals surface area contributed by atoms with E-state index < -0.39 is 0 Å². The number of rotatable bonds is 5. The van der Waals surface area contributed by atoms with Crippen molar-refractivity contribution >= 4 is 5.69 Å². The second kappa shape index (κ2) is 9.43. The van der Waals surface area contributed by atoms with Crippen LogP contribution in [0.25, 0.3) is 11.3 Å². The maximum Gasteiger partial charge on any atom is 0.146 e. The minimum Gasteiger partial charge on any atom is -0.367 e. The summed E-state index contributed by atoms with van der Waals surface area (Å²) in [6.45, 7) is 6.92. The van der Waals surface area contributed by atoms with Crippen LogP contribution in [0.5, 0.6) is 0 Å². The molecule has 0 saturated carbocycles. The zero-order valence-corrected chi connectivity index (χ0v) is 18.8. The van der Waals surface area contributed by atoms with Crippen LogP contribution in [0.15, 0.2) is 60.8 Å². The number of benzene rings is 2. The highest BCUT2D eigenvalue weighted by atomic mass is 19.1. The van der Waals surface area contributed by atoms with Crippen molar-refractivity contribution in [1.82, 2.24) is 19.6 Å².